The second kappa shape index (κ2) is 11.0. The first-order chi connectivity index (χ1) is 12.7. The van der Waals surface area contributed by atoms with Gasteiger partial charge in [-0.3, -0.25) is 4.79 Å². The van der Waals surface area contributed by atoms with E-state index >= 15 is 0 Å². The molecule has 3 N–H and O–H groups in total. The molecule has 1 aliphatic carbocycles. The van der Waals surface area contributed by atoms with E-state index in [1.165, 1.54) is 0 Å². The van der Waals surface area contributed by atoms with Crippen LogP contribution in [0.5, 0.6) is 0 Å². The van der Waals surface area contributed by atoms with E-state index in [0.29, 0.717) is 25.0 Å². The number of alkyl carbamates (subject to hydrolysis) is 1. The monoisotopic (exact) mass is 376 g/mol. The van der Waals surface area contributed by atoms with Crippen molar-refractivity contribution in [1.82, 2.24) is 10.6 Å². The van der Waals surface area contributed by atoms with Gasteiger partial charge in [0.05, 0.1) is 0 Å². The van der Waals surface area contributed by atoms with Crippen molar-refractivity contribution >= 4 is 18.0 Å². The van der Waals surface area contributed by atoms with Crippen LogP contribution in [0.25, 0.3) is 0 Å². The van der Waals surface area contributed by atoms with Crippen LogP contribution in [0.4, 0.5) is 4.79 Å². The van der Waals surface area contributed by atoms with Gasteiger partial charge < -0.3 is 20.5 Å². The molecular weight excluding hydrogens is 348 g/mol. The Labute approximate surface area is 159 Å². The van der Waals surface area contributed by atoms with Crippen molar-refractivity contribution in [3.8, 4) is 0 Å². The molecule has 0 unspecified atom stereocenters. The maximum atomic E-state index is 12.1. The molecule has 0 aromatic rings. The largest absolute Gasteiger partial charge is 0.480 e. The normalized spacial score (nSPS) is 20.0. The summed E-state index contributed by atoms with van der Waals surface area (Å²) in [5.74, 6) is -1.30. The summed E-state index contributed by atoms with van der Waals surface area (Å²) in [5.41, 5.74) is -0.145. The van der Waals surface area contributed by atoms with Gasteiger partial charge in [-0.1, -0.05) is 30.4 Å². The summed E-state index contributed by atoms with van der Waals surface area (Å²) < 4.78 is 5.07. The molecule has 1 rings (SSSR count). The van der Waals surface area contributed by atoms with E-state index in [4.69, 9.17) is 4.74 Å². The maximum Gasteiger partial charge on any atom is 0.408 e. The first-order valence-electron chi connectivity index (χ1n) is 8.91. The molecule has 7 heteroatoms. The highest BCUT2D eigenvalue weighted by Gasteiger charge is 2.23. The summed E-state index contributed by atoms with van der Waals surface area (Å²) >= 11 is 0. The molecule has 1 atom stereocenters. The molecule has 1 aliphatic rings. The highest BCUT2D eigenvalue weighted by Crippen LogP contribution is 2.08. The van der Waals surface area contributed by atoms with Crippen LogP contribution >= 0.6 is 0 Å². The van der Waals surface area contributed by atoms with Gasteiger partial charge in [-0.05, 0) is 52.2 Å². The van der Waals surface area contributed by atoms with Gasteiger partial charge in [-0.15, -0.1) is 0 Å². The topological polar surface area (TPSA) is 105 Å². The summed E-state index contributed by atoms with van der Waals surface area (Å²) in [6.07, 6.45) is 13.2. The van der Waals surface area contributed by atoms with E-state index < -0.39 is 23.7 Å². The first-order valence-corrected chi connectivity index (χ1v) is 8.91. The van der Waals surface area contributed by atoms with Gasteiger partial charge >= 0.3 is 12.1 Å². The number of carboxylic acids is 1. The van der Waals surface area contributed by atoms with Crippen LogP contribution in [-0.2, 0) is 14.3 Å². The Morgan fingerprint density at radius 3 is 2.41 bits per heavy atom. The molecule has 148 valence electrons. The Bertz CT molecular complexity index is 654. The van der Waals surface area contributed by atoms with Crippen molar-refractivity contribution in [3.63, 3.8) is 0 Å². The zero-order valence-electron chi connectivity index (χ0n) is 16.0. The molecule has 0 saturated heterocycles. The van der Waals surface area contributed by atoms with Gasteiger partial charge in [0.25, 0.3) is 5.91 Å². The number of ether oxygens (including phenoxy) is 1. The van der Waals surface area contributed by atoms with Gasteiger partial charge in [0, 0.05) is 12.1 Å². The molecule has 0 bridgehead atoms. The van der Waals surface area contributed by atoms with Crippen LogP contribution in [-0.4, -0.2) is 41.3 Å². The van der Waals surface area contributed by atoms with Gasteiger partial charge in [-0.2, -0.15) is 0 Å². The van der Waals surface area contributed by atoms with Gasteiger partial charge in [0.2, 0.25) is 0 Å². The number of allylic oxidation sites excluding steroid dienone is 6. The van der Waals surface area contributed by atoms with Gasteiger partial charge in [0.1, 0.15) is 11.6 Å². The second-order valence-corrected chi connectivity index (χ2v) is 7.04. The van der Waals surface area contributed by atoms with Crippen molar-refractivity contribution in [1.29, 1.82) is 0 Å². The number of aliphatic carboxylic acids is 1. The molecule has 0 aromatic carbocycles. The van der Waals surface area contributed by atoms with E-state index in [-0.39, 0.29) is 12.3 Å². The van der Waals surface area contributed by atoms with Crippen molar-refractivity contribution in [2.75, 3.05) is 6.54 Å². The number of amides is 2. The fourth-order valence-corrected chi connectivity index (χ4v) is 2.20. The standard InChI is InChI=1S/C20H28N2O5/c1-20(2,3)27-19(26)22-16(18(24)25)13-9-10-14-21-17(23)15-11-7-5-4-6-8-12-15/h4-8,11-12,16H,9-10,13-14H2,1-3H3,(H,21,23)(H,22,26)(H,24,25)/b5-4-,6-4?,7-5?,8-6-,11-7-,12-8?,15-11?,15-12+/t16-/m0/s1. The Morgan fingerprint density at radius 1 is 1.07 bits per heavy atom. The summed E-state index contributed by atoms with van der Waals surface area (Å²) in [6, 6.07) is -1.02. The van der Waals surface area contributed by atoms with Crippen molar-refractivity contribution in [3.05, 3.63) is 48.1 Å². The number of hydrogen-bond acceptors (Lipinski definition) is 4. The predicted molar refractivity (Wildman–Crippen MR) is 103 cm³/mol. The number of carbonyl (C=O) groups is 3. The second-order valence-electron chi connectivity index (χ2n) is 7.04. The van der Waals surface area contributed by atoms with E-state index in [1.54, 1.807) is 45.1 Å². The fraction of sp³-hybridized carbons (Fsp3) is 0.450. The molecule has 7 nitrogen and oxygen atoms in total. The molecule has 0 spiro atoms. The lowest BCUT2D eigenvalue weighted by atomic mass is 10.1. The minimum atomic E-state index is -1.12. The minimum absolute atomic E-state index is 0.187. The van der Waals surface area contributed by atoms with Crippen molar-refractivity contribution in [2.45, 2.75) is 51.7 Å². The Hall–Kier alpha value is -2.83. The Kier molecular flexibility index (Phi) is 9.05. The molecule has 27 heavy (non-hydrogen) atoms. The van der Waals surface area contributed by atoms with E-state index in [2.05, 4.69) is 10.6 Å². The zero-order valence-corrected chi connectivity index (χ0v) is 16.0. The molecule has 0 radical (unpaired) electrons. The lowest BCUT2D eigenvalue weighted by molar-refractivity contribution is -0.139. The smallest absolute Gasteiger partial charge is 0.408 e. The van der Waals surface area contributed by atoms with E-state index in [0.717, 1.165) is 0 Å². The predicted octanol–water partition coefficient (Wildman–Crippen LogP) is 2.86. The molecular formula is C20H28N2O5. The van der Waals surface area contributed by atoms with Crippen LogP contribution < -0.4 is 10.6 Å². The summed E-state index contributed by atoms with van der Waals surface area (Å²) in [5, 5.41) is 14.4. The van der Waals surface area contributed by atoms with Crippen LogP contribution in [0.15, 0.2) is 48.1 Å². The number of carbonyl (C=O) groups excluding carboxylic acids is 2. The highest BCUT2D eigenvalue weighted by atomic mass is 16.6. The lowest BCUT2D eigenvalue weighted by Crippen LogP contribution is -2.43. The number of carboxylic acid groups (broad SMARTS) is 1. The number of rotatable bonds is 8. The third kappa shape index (κ3) is 10.0. The van der Waals surface area contributed by atoms with Crippen LogP contribution in [0.1, 0.15) is 40.0 Å². The minimum Gasteiger partial charge on any atom is -0.480 e. The van der Waals surface area contributed by atoms with Crippen molar-refractivity contribution in [2.24, 2.45) is 0 Å². The summed E-state index contributed by atoms with van der Waals surface area (Å²) in [4.78, 5) is 35.1. The molecule has 0 aliphatic heterocycles. The molecule has 0 saturated carbocycles. The molecule has 0 heterocycles. The quantitative estimate of drug-likeness (QED) is 0.565. The molecule has 2 amide bonds. The SMILES string of the molecule is CC(C)(C)OC(=O)N[C@@H](CCCCNC(=O)C1=C/C=C\C=C/C=C\1)C(=O)O. The number of nitrogens with one attached hydrogen (secondary N) is 2. The maximum absolute atomic E-state index is 12.1. The van der Waals surface area contributed by atoms with E-state index in [9.17, 15) is 19.5 Å². The third-order valence-corrected chi connectivity index (χ3v) is 3.45. The van der Waals surface area contributed by atoms with Crippen LogP contribution in [0.2, 0.25) is 0 Å². The highest BCUT2D eigenvalue weighted by molar-refractivity contribution is 5.96. The van der Waals surface area contributed by atoms with Crippen LogP contribution in [0, 0.1) is 0 Å². The van der Waals surface area contributed by atoms with Gasteiger partial charge in [0.15, 0.2) is 0 Å². The zero-order chi connectivity index (χ0) is 20.3. The van der Waals surface area contributed by atoms with Crippen LogP contribution in [0.3, 0.4) is 0 Å². The fourth-order valence-electron chi connectivity index (χ4n) is 2.20. The molecule has 0 aromatic heterocycles. The van der Waals surface area contributed by atoms with Gasteiger partial charge in [-0.25, -0.2) is 9.59 Å². The summed E-state index contributed by atoms with van der Waals surface area (Å²) in [6.45, 7) is 5.54. The van der Waals surface area contributed by atoms with Crippen molar-refractivity contribution < 1.29 is 24.2 Å². The average Bonchev–Trinajstić information content (AvgIpc) is 2.50. The van der Waals surface area contributed by atoms with E-state index in [1.807, 2.05) is 18.2 Å². The Balaban J connectivity index is 2.34. The lowest BCUT2D eigenvalue weighted by Gasteiger charge is -2.22. The average molecular weight is 376 g/mol. The first kappa shape index (κ1) is 22.2. The third-order valence-electron chi connectivity index (χ3n) is 3.45. The summed E-state index contributed by atoms with van der Waals surface area (Å²) in [7, 11) is 0. The number of unbranched alkanes of at least 4 members (excludes halogenated alkanes) is 1. The Morgan fingerprint density at radius 2 is 1.74 bits per heavy atom. The number of hydrogen-bond donors (Lipinski definition) is 3. The molecule has 0 fully saturated rings.